The lowest BCUT2D eigenvalue weighted by Crippen LogP contribution is -2.22. The highest BCUT2D eigenvalue weighted by Crippen LogP contribution is 2.29. The number of rotatable bonds is 5. The highest BCUT2D eigenvalue weighted by Gasteiger charge is 2.13. The van der Waals surface area contributed by atoms with Gasteiger partial charge in [-0.1, -0.05) is 23.7 Å². The maximum Gasteiger partial charge on any atom is 0.251 e. The second-order valence-electron chi connectivity index (χ2n) is 6.44. The number of nitrogens with one attached hydrogen (secondary N) is 1. The van der Waals surface area contributed by atoms with Crippen LogP contribution in [0.3, 0.4) is 0 Å². The summed E-state index contributed by atoms with van der Waals surface area (Å²) in [4.78, 5) is 16.9. The number of imidazole rings is 1. The first kappa shape index (κ1) is 19.0. The predicted octanol–water partition coefficient (Wildman–Crippen LogP) is 4.76. The number of aromatic nitrogens is 2. The number of carbonyl (C=O) groups is 1. The van der Waals surface area contributed by atoms with Crippen LogP contribution in [0.1, 0.15) is 15.9 Å². The number of carbonyl (C=O) groups excluding carboxylic acids is 1. The molecule has 0 bridgehead atoms. The van der Waals surface area contributed by atoms with Crippen LogP contribution in [-0.4, -0.2) is 22.6 Å². The largest absolute Gasteiger partial charge is 0.495 e. The van der Waals surface area contributed by atoms with Crippen LogP contribution >= 0.6 is 11.6 Å². The van der Waals surface area contributed by atoms with E-state index in [9.17, 15) is 9.18 Å². The van der Waals surface area contributed by atoms with Crippen molar-refractivity contribution < 1.29 is 13.9 Å². The van der Waals surface area contributed by atoms with Gasteiger partial charge in [0.15, 0.2) is 0 Å². The molecule has 29 heavy (non-hydrogen) atoms. The Hall–Kier alpha value is -3.38. The Balaban J connectivity index is 1.59. The molecule has 0 radical (unpaired) electrons. The molecule has 5 nitrogen and oxygen atoms in total. The summed E-state index contributed by atoms with van der Waals surface area (Å²) in [5, 5.41) is 3.41. The average Bonchev–Trinajstić information content (AvgIpc) is 3.16. The van der Waals surface area contributed by atoms with Crippen molar-refractivity contribution in [3.8, 4) is 11.4 Å². The number of methoxy groups -OCH3 is 1. The summed E-state index contributed by atoms with van der Waals surface area (Å²) in [7, 11) is 1.59. The molecule has 4 rings (SSSR count). The molecule has 1 N–H and O–H groups in total. The number of halogens is 2. The summed E-state index contributed by atoms with van der Waals surface area (Å²) in [6.45, 7) is 0.311. The van der Waals surface area contributed by atoms with E-state index in [0.717, 1.165) is 16.8 Å². The zero-order chi connectivity index (χ0) is 20.4. The van der Waals surface area contributed by atoms with E-state index in [4.69, 9.17) is 16.3 Å². The van der Waals surface area contributed by atoms with Gasteiger partial charge in [-0.3, -0.25) is 9.36 Å². The topological polar surface area (TPSA) is 56.2 Å². The van der Waals surface area contributed by atoms with Crippen LogP contribution in [0.15, 0.2) is 67.0 Å². The predicted molar refractivity (Wildman–Crippen MR) is 110 cm³/mol. The van der Waals surface area contributed by atoms with E-state index in [0.29, 0.717) is 28.4 Å². The molecule has 1 heterocycles. The Morgan fingerprint density at radius 1 is 1.14 bits per heavy atom. The molecule has 7 heteroatoms. The van der Waals surface area contributed by atoms with Crippen LogP contribution < -0.4 is 10.1 Å². The fourth-order valence-corrected chi connectivity index (χ4v) is 3.25. The molecule has 0 aliphatic rings. The van der Waals surface area contributed by atoms with Gasteiger partial charge < -0.3 is 10.1 Å². The highest BCUT2D eigenvalue weighted by atomic mass is 35.5. The van der Waals surface area contributed by atoms with Gasteiger partial charge in [-0.2, -0.15) is 0 Å². The molecule has 1 amide bonds. The number of hydrogen-bond donors (Lipinski definition) is 1. The third-order valence-corrected chi connectivity index (χ3v) is 4.81. The van der Waals surface area contributed by atoms with Crippen molar-refractivity contribution in [2.24, 2.45) is 0 Å². The quantitative estimate of drug-likeness (QED) is 0.517. The molecule has 3 aromatic carbocycles. The van der Waals surface area contributed by atoms with Gasteiger partial charge in [0, 0.05) is 17.1 Å². The standard InChI is InChI=1S/C22H17ClFN3O2/c1-29-21-9-5-16(23)11-20(21)27-13-26-18-10-15(4-8-19(18)27)22(28)25-12-14-2-6-17(24)7-3-14/h2-11,13H,12H2,1H3,(H,25,28). The zero-order valence-electron chi connectivity index (χ0n) is 15.5. The van der Waals surface area contributed by atoms with Crippen molar-refractivity contribution >= 4 is 28.5 Å². The maximum atomic E-state index is 13.0. The highest BCUT2D eigenvalue weighted by molar-refractivity contribution is 6.30. The average molecular weight is 410 g/mol. The molecule has 0 spiro atoms. The lowest BCUT2D eigenvalue weighted by atomic mass is 10.1. The minimum atomic E-state index is -0.308. The maximum absolute atomic E-state index is 13.0. The van der Waals surface area contributed by atoms with Gasteiger partial charge in [0.05, 0.1) is 23.8 Å². The molecule has 0 unspecified atom stereocenters. The van der Waals surface area contributed by atoms with Crippen LogP contribution in [0.4, 0.5) is 4.39 Å². The third kappa shape index (κ3) is 3.93. The van der Waals surface area contributed by atoms with Crippen LogP contribution in [0.5, 0.6) is 5.75 Å². The molecule has 1 aromatic heterocycles. The van der Waals surface area contributed by atoms with E-state index in [-0.39, 0.29) is 11.7 Å². The normalized spacial score (nSPS) is 10.9. The molecular weight excluding hydrogens is 393 g/mol. The van der Waals surface area contributed by atoms with E-state index < -0.39 is 0 Å². The van der Waals surface area contributed by atoms with Gasteiger partial charge in [0.25, 0.3) is 5.91 Å². The summed E-state index contributed by atoms with van der Waals surface area (Å²) in [5.41, 5.74) is 3.55. The summed E-state index contributed by atoms with van der Waals surface area (Å²) < 4.78 is 20.3. The molecular formula is C22H17ClFN3O2. The number of fused-ring (bicyclic) bond motifs is 1. The lowest BCUT2D eigenvalue weighted by molar-refractivity contribution is 0.0951. The number of ether oxygens (including phenoxy) is 1. The second-order valence-corrected chi connectivity index (χ2v) is 6.88. The van der Waals surface area contributed by atoms with Gasteiger partial charge in [-0.15, -0.1) is 0 Å². The second kappa shape index (κ2) is 7.93. The summed E-state index contributed by atoms with van der Waals surface area (Å²) >= 11 is 6.14. The number of amides is 1. The smallest absolute Gasteiger partial charge is 0.251 e. The molecule has 0 saturated carbocycles. The van der Waals surface area contributed by atoms with E-state index >= 15 is 0 Å². The van der Waals surface area contributed by atoms with E-state index in [1.54, 1.807) is 55.9 Å². The molecule has 0 aliphatic carbocycles. The van der Waals surface area contributed by atoms with Crippen LogP contribution in [0.2, 0.25) is 5.02 Å². The van der Waals surface area contributed by atoms with Gasteiger partial charge in [0.1, 0.15) is 17.9 Å². The molecule has 146 valence electrons. The van der Waals surface area contributed by atoms with Crippen LogP contribution in [-0.2, 0) is 6.54 Å². The monoisotopic (exact) mass is 409 g/mol. The first-order valence-electron chi connectivity index (χ1n) is 8.89. The van der Waals surface area contributed by atoms with Crippen LogP contribution in [0, 0.1) is 5.82 Å². The summed E-state index contributed by atoms with van der Waals surface area (Å²) in [6, 6.07) is 16.6. The van der Waals surface area contributed by atoms with Crippen molar-refractivity contribution in [2.45, 2.75) is 6.54 Å². The van der Waals surface area contributed by atoms with E-state index in [2.05, 4.69) is 10.3 Å². The fourth-order valence-electron chi connectivity index (χ4n) is 3.08. The Labute approximate surface area is 171 Å². The first-order valence-corrected chi connectivity index (χ1v) is 9.26. The SMILES string of the molecule is COc1ccc(Cl)cc1-n1cnc2cc(C(=O)NCc3ccc(F)cc3)ccc21. The van der Waals surface area contributed by atoms with Gasteiger partial charge >= 0.3 is 0 Å². The van der Waals surface area contributed by atoms with Crippen molar-refractivity contribution in [2.75, 3.05) is 7.11 Å². The summed E-state index contributed by atoms with van der Waals surface area (Å²) in [6.07, 6.45) is 1.67. The number of hydrogen-bond acceptors (Lipinski definition) is 3. The Morgan fingerprint density at radius 2 is 1.93 bits per heavy atom. The minimum Gasteiger partial charge on any atom is -0.495 e. The lowest BCUT2D eigenvalue weighted by Gasteiger charge is -2.11. The fraction of sp³-hybridized carbons (Fsp3) is 0.0909. The van der Waals surface area contributed by atoms with Crippen molar-refractivity contribution in [3.63, 3.8) is 0 Å². The Morgan fingerprint density at radius 3 is 2.69 bits per heavy atom. The third-order valence-electron chi connectivity index (χ3n) is 4.58. The molecule has 4 aromatic rings. The number of benzene rings is 3. The Kier molecular flexibility index (Phi) is 5.18. The molecule has 0 atom stereocenters. The van der Waals surface area contributed by atoms with Crippen molar-refractivity contribution in [3.05, 3.63) is 89.0 Å². The molecule has 0 saturated heterocycles. The minimum absolute atomic E-state index is 0.230. The van der Waals surface area contributed by atoms with Crippen molar-refractivity contribution in [1.29, 1.82) is 0 Å². The number of nitrogens with zero attached hydrogens (tertiary/aromatic N) is 2. The van der Waals surface area contributed by atoms with Gasteiger partial charge in [-0.05, 0) is 54.1 Å². The van der Waals surface area contributed by atoms with Crippen LogP contribution in [0.25, 0.3) is 16.7 Å². The van der Waals surface area contributed by atoms with E-state index in [1.807, 2.05) is 10.6 Å². The summed E-state index contributed by atoms with van der Waals surface area (Å²) in [5.74, 6) is 0.123. The Bertz CT molecular complexity index is 1190. The van der Waals surface area contributed by atoms with E-state index in [1.165, 1.54) is 12.1 Å². The van der Waals surface area contributed by atoms with Crippen molar-refractivity contribution in [1.82, 2.24) is 14.9 Å². The van der Waals surface area contributed by atoms with Gasteiger partial charge in [0.2, 0.25) is 0 Å². The molecule has 0 aliphatic heterocycles. The van der Waals surface area contributed by atoms with Gasteiger partial charge in [-0.25, -0.2) is 9.37 Å². The first-order chi connectivity index (χ1) is 14.0. The molecule has 0 fully saturated rings. The zero-order valence-corrected chi connectivity index (χ0v) is 16.3.